The van der Waals surface area contributed by atoms with Gasteiger partial charge >= 0.3 is 6.09 Å². The summed E-state index contributed by atoms with van der Waals surface area (Å²) in [6.45, 7) is 5.51. The van der Waals surface area contributed by atoms with Gasteiger partial charge in [-0.2, -0.15) is 0 Å². The van der Waals surface area contributed by atoms with Crippen LogP contribution in [0.2, 0.25) is 0 Å². The van der Waals surface area contributed by atoms with Crippen molar-refractivity contribution in [3.05, 3.63) is 24.3 Å². The molecule has 0 aliphatic heterocycles. The van der Waals surface area contributed by atoms with Crippen LogP contribution in [0.4, 0.5) is 16.2 Å². The molecule has 0 unspecified atom stereocenters. The molecule has 3 N–H and O–H groups in total. The van der Waals surface area contributed by atoms with E-state index in [1.54, 1.807) is 45.0 Å². The molecular weight excluding hydrogens is 346 g/mol. The molecule has 7 nitrogen and oxygen atoms in total. The summed E-state index contributed by atoms with van der Waals surface area (Å²) in [4.78, 5) is 35.8. The van der Waals surface area contributed by atoms with Gasteiger partial charge in [0.2, 0.25) is 11.8 Å². The van der Waals surface area contributed by atoms with Gasteiger partial charge in [0.25, 0.3) is 0 Å². The van der Waals surface area contributed by atoms with Crippen LogP contribution in [0.3, 0.4) is 0 Å². The van der Waals surface area contributed by atoms with Crippen LogP contribution in [0.25, 0.3) is 0 Å². The highest BCUT2D eigenvalue weighted by Gasteiger charge is 2.22. The van der Waals surface area contributed by atoms with E-state index >= 15 is 0 Å². The molecule has 1 fully saturated rings. The average Bonchev–Trinajstić information content (AvgIpc) is 3.08. The summed E-state index contributed by atoms with van der Waals surface area (Å²) in [6.07, 6.45) is 3.65. The Morgan fingerprint density at radius 3 is 2.33 bits per heavy atom. The maximum Gasteiger partial charge on any atom is 0.407 e. The first-order chi connectivity index (χ1) is 12.7. The molecule has 0 radical (unpaired) electrons. The summed E-state index contributed by atoms with van der Waals surface area (Å²) in [5.74, 6) is -0.106. The maximum absolute atomic E-state index is 12.2. The van der Waals surface area contributed by atoms with E-state index < -0.39 is 11.7 Å². The molecule has 1 aliphatic carbocycles. The summed E-state index contributed by atoms with van der Waals surface area (Å²) in [7, 11) is 0. The molecule has 1 aliphatic rings. The van der Waals surface area contributed by atoms with Gasteiger partial charge in [0.05, 0.1) is 0 Å². The smallest absolute Gasteiger partial charge is 0.407 e. The molecule has 0 bridgehead atoms. The predicted octanol–water partition coefficient (Wildman–Crippen LogP) is 3.67. The highest BCUT2D eigenvalue weighted by Crippen LogP contribution is 2.26. The van der Waals surface area contributed by atoms with Crippen molar-refractivity contribution in [3.63, 3.8) is 0 Å². The highest BCUT2D eigenvalue weighted by molar-refractivity contribution is 5.95. The highest BCUT2D eigenvalue weighted by atomic mass is 16.6. The molecule has 148 valence electrons. The summed E-state index contributed by atoms with van der Waals surface area (Å²) in [5.41, 5.74) is 0.688. The van der Waals surface area contributed by atoms with Gasteiger partial charge in [-0.25, -0.2) is 4.79 Å². The third-order valence-corrected chi connectivity index (χ3v) is 4.16. The fourth-order valence-electron chi connectivity index (χ4n) is 2.92. The van der Waals surface area contributed by atoms with Crippen molar-refractivity contribution in [2.24, 2.45) is 5.92 Å². The Balaban J connectivity index is 1.77. The third kappa shape index (κ3) is 7.68. The Labute approximate surface area is 160 Å². The van der Waals surface area contributed by atoms with Crippen LogP contribution < -0.4 is 16.0 Å². The second kappa shape index (κ2) is 9.39. The molecule has 3 amide bonds. The fraction of sp³-hybridized carbons (Fsp3) is 0.550. The Morgan fingerprint density at radius 1 is 1.07 bits per heavy atom. The van der Waals surface area contributed by atoms with E-state index in [9.17, 15) is 14.4 Å². The van der Waals surface area contributed by atoms with Gasteiger partial charge in [-0.3, -0.25) is 9.59 Å². The van der Waals surface area contributed by atoms with Crippen molar-refractivity contribution in [2.75, 3.05) is 17.2 Å². The number of amides is 3. The predicted molar refractivity (Wildman–Crippen MR) is 105 cm³/mol. The van der Waals surface area contributed by atoms with Crippen molar-refractivity contribution < 1.29 is 19.1 Å². The number of hydrogen-bond donors (Lipinski definition) is 3. The average molecular weight is 375 g/mol. The lowest BCUT2D eigenvalue weighted by atomic mass is 10.1. The third-order valence-electron chi connectivity index (χ3n) is 4.16. The molecule has 0 aromatic heterocycles. The summed E-state index contributed by atoms with van der Waals surface area (Å²) in [5, 5.41) is 8.22. The maximum atomic E-state index is 12.2. The van der Waals surface area contributed by atoms with Crippen LogP contribution in [0.5, 0.6) is 0 Å². The minimum absolute atomic E-state index is 0.0394. The Morgan fingerprint density at radius 2 is 1.70 bits per heavy atom. The van der Waals surface area contributed by atoms with Gasteiger partial charge < -0.3 is 20.7 Å². The van der Waals surface area contributed by atoms with Gasteiger partial charge in [-0.05, 0) is 51.8 Å². The van der Waals surface area contributed by atoms with E-state index in [-0.39, 0.29) is 30.7 Å². The van der Waals surface area contributed by atoms with E-state index in [0.717, 1.165) is 25.7 Å². The standard InChI is InChI=1S/C20H29N3O4/c1-20(2,3)27-19(26)21-12-11-17(24)22-15-9-6-10-16(13-15)23-18(25)14-7-4-5-8-14/h6,9-10,13-14H,4-5,7-8,11-12H2,1-3H3,(H,21,26)(H,22,24)(H,23,25). The zero-order chi connectivity index (χ0) is 19.9. The second-order valence-electron chi connectivity index (χ2n) is 7.78. The molecule has 1 aromatic rings. The number of nitrogens with one attached hydrogen (secondary N) is 3. The molecule has 2 rings (SSSR count). The number of ether oxygens (including phenoxy) is 1. The van der Waals surface area contributed by atoms with Crippen LogP contribution in [0, 0.1) is 5.92 Å². The molecule has 0 heterocycles. The number of carbonyl (C=O) groups excluding carboxylic acids is 3. The van der Waals surface area contributed by atoms with E-state index in [4.69, 9.17) is 4.74 Å². The number of carbonyl (C=O) groups is 3. The van der Waals surface area contributed by atoms with Gasteiger partial charge in [-0.1, -0.05) is 18.9 Å². The van der Waals surface area contributed by atoms with Crippen LogP contribution in [0.15, 0.2) is 24.3 Å². The quantitative estimate of drug-likeness (QED) is 0.707. The summed E-state index contributed by atoms with van der Waals surface area (Å²) >= 11 is 0. The molecule has 1 aromatic carbocycles. The zero-order valence-corrected chi connectivity index (χ0v) is 16.3. The Bertz CT molecular complexity index is 676. The minimum atomic E-state index is -0.574. The van der Waals surface area contributed by atoms with Crippen molar-refractivity contribution in [1.82, 2.24) is 5.32 Å². The molecule has 27 heavy (non-hydrogen) atoms. The van der Waals surface area contributed by atoms with Crippen molar-refractivity contribution >= 4 is 29.3 Å². The first-order valence-corrected chi connectivity index (χ1v) is 9.40. The topological polar surface area (TPSA) is 96.5 Å². The first-order valence-electron chi connectivity index (χ1n) is 9.40. The lowest BCUT2D eigenvalue weighted by Gasteiger charge is -2.19. The lowest BCUT2D eigenvalue weighted by molar-refractivity contribution is -0.119. The molecule has 1 saturated carbocycles. The largest absolute Gasteiger partial charge is 0.444 e. The SMILES string of the molecule is CC(C)(C)OC(=O)NCCC(=O)Nc1cccc(NC(=O)C2CCCC2)c1. The summed E-state index contributed by atoms with van der Waals surface area (Å²) < 4.78 is 5.11. The van der Waals surface area contributed by atoms with Gasteiger partial charge in [0.15, 0.2) is 0 Å². The second-order valence-corrected chi connectivity index (χ2v) is 7.78. The monoisotopic (exact) mass is 375 g/mol. The van der Waals surface area contributed by atoms with Crippen LogP contribution in [0.1, 0.15) is 52.9 Å². The van der Waals surface area contributed by atoms with Gasteiger partial charge in [-0.15, -0.1) is 0 Å². The molecule has 0 spiro atoms. The normalized spacial score (nSPS) is 14.5. The summed E-state index contributed by atoms with van der Waals surface area (Å²) in [6, 6.07) is 7.06. The number of hydrogen-bond acceptors (Lipinski definition) is 4. The fourth-order valence-corrected chi connectivity index (χ4v) is 2.92. The van der Waals surface area contributed by atoms with Crippen LogP contribution in [-0.2, 0) is 14.3 Å². The number of alkyl carbamates (subject to hydrolysis) is 1. The molecule has 0 atom stereocenters. The molecular formula is C20H29N3O4. The lowest BCUT2D eigenvalue weighted by Crippen LogP contribution is -2.34. The van der Waals surface area contributed by atoms with Crippen LogP contribution in [-0.4, -0.2) is 30.1 Å². The minimum Gasteiger partial charge on any atom is -0.444 e. The van der Waals surface area contributed by atoms with Crippen molar-refractivity contribution in [3.8, 4) is 0 Å². The van der Waals surface area contributed by atoms with Crippen molar-refractivity contribution in [2.45, 2.75) is 58.5 Å². The number of rotatable bonds is 6. The van der Waals surface area contributed by atoms with E-state index in [1.165, 1.54) is 0 Å². The van der Waals surface area contributed by atoms with E-state index in [2.05, 4.69) is 16.0 Å². The van der Waals surface area contributed by atoms with Gasteiger partial charge in [0, 0.05) is 30.3 Å². The number of benzene rings is 1. The Kier molecular flexibility index (Phi) is 7.21. The van der Waals surface area contributed by atoms with E-state index in [1.807, 2.05) is 0 Å². The van der Waals surface area contributed by atoms with E-state index in [0.29, 0.717) is 11.4 Å². The van der Waals surface area contributed by atoms with Crippen molar-refractivity contribution in [1.29, 1.82) is 0 Å². The number of anilines is 2. The molecule has 0 saturated heterocycles. The Hall–Kier alpha value is -2.57. The van der Waals surface area contributed by atoms with Crippen LogP contribution >= 0.6 is 0 Å². The molecule has 7 heteroatoms. The van der Waals surface area contributed by atoms with Gasteiger partial charge in [0.1, 0.15) is 5.60 Å². The zero-order valence-electron chi connectivity index (χ0n) is 16.3. The first kappa shape index (κ1) is 20.7.